The van der Waals surface area contributed by atoms with E-state index < -0.39 is 34.8 Å². The number of aromatic amines is 1. The summed E-state index contributed by atoms with van der Waals surface area (Å²) >= 11 is 0. The van der Waals surface area contributed by atoms with Crippen LogP contribution in [0.5, 0.6) is 5.75 Å². The van der Waals surface area contributed by atoms with Crippen molar-refractivity contribution in [2.75, 3.05) is 11.9 Å². The Morgan fingerprint density at radius 2 is 2.04 bits per heavy atom. The third kappa shape index (κ3) is 3.27. The van der Waals surface area contributed by atoms with Crippen LogP contribution in [0.1, 0.15) is 11.1 Å². The lowest BCUT2D eigenvalue weighted by molar-refractivity contribution is -0.137. The Balaban J connectivity index is 1.77. The maximum absolute atomic E-state index is 12.7. The van der Waals surface area contributed by atoms with Crippen LogP contribution in [0.4, 0.5) is 18.9 Å². The van der Waals surface area contributed by atoms with E-state index in [4.69, 9.17) is 4.74 Å². The molecule has 0 saturated carbocycles. The van der Waals surface area contributed by atoms with Gasteiger partial charge in [0.05, 0.1) is 11.5 Å². The molecule has 0 radical (unpaired) electrons. The second-order valence-corrected chi connectivity index (χ2v) is 5.44. The smallest absolute Gasteiger partial charge is 0.417 e. The largest absolute Gasteiger partial charge is 0.492 e. The number of hydrogen-bond donors (Lipinski definition) is 2. The van der Waals surface area contributed by atoms with Gasteiger partial charge in [0.25, 0.3) is 5.56 Å². The number of H-pyrrole nitrogens is 1. The minimum absolute atomic E-state index is 0.0969. The summed E-state index contributed by atoms with van der Waals surface area (Å²) in [5.41, 5.74) is -1.44. The number of ether oxygens (including phenoxy) is 1. The number of aromatic nitrogens is 1. The van der Waals surface area contributed by atoms with Crippen molar-refractivity contribution in [1.82, 2.24) is 4.98 Å². The molecule has 1 aromatic heterocycles. The zero-order valence-electron chi connectivity index (χ0n) is 12.3. The number of fused-ring (bicyclic) bond motifs is 1. The maximum Gasteiger partial charge on any atom is 0.417 e. The second-order valence-electron chi connectivity index (χ2n) is 5.44. The van der Waals surface area contributed by atoms with E-state index in [1.165, 1.54) is 0 Å². The van der Waals surface area contributed by atoms with Crippen molar-refractivity contribution in [3.63, 3.8) is 0 Å². The predicted octanol–water partition coefficient (Wildman–Crippen LogP) is 2.58. The average Bonchev–Trinajstić information content (AvgIpc) is 2.55. The number of carbonyl (C=O) groups is 1. The van der Waals surface area contributed by atoms with Gasteiger partial charge < -0.3 is 15.0 Å². The van der Waals surface area contributed by atoms with Crippen LogP contribution in [-0.4, -0.2) is 17.5 Å². The quantitative estimate of drug-likeness (QED) is 0.884. The first-order chi connectivity index (χ1) is 11.3. The first-order valence-electron chi connectivity index (χ1n) is 7.16. The van der Waals surface area contributed by atoms with Crippen molar-refractivity contribution in [1.29, 1.82) is 0 Å². The number of pyridine rings is 1. The minimum Gasteiger partial charge on any atom is -0.492 e. The average molecular weight is 338 g/mol. The van der Waals surface area contributed by atoms with E-state index in [0.29, 0.717) is 24.4 Å². The normalized spacial score (nSPS) is 16.9. The summed E-state index contributed by atoms with van der Waals surface area (Å²) in [5.74, 6) is -0.471. The molecule has 1 aliphatic rings. The van der Waals surface area contributed by atoms with Crippen LogP contribution in [0.25, 0.3) is 0 Å². The SMILES string of the molecule is O=C(Nc1cc(C(F)(F)F)c[nH]c1=O)[C@@H]1COc2ccccc2C1. The number of para-hydroxylation sites is 1. The molecule has 0 aliphatic carbocycles. The number of benzene rings is 1. The Bertz CT molecular complexity index is 830. The summed E-state index contributed by atoms with van der Waals surface area (Å²) in [6.45, 7) is 0.0969. The summed E-state index contributed by atoms with van der Waals surface area (Å²) in [5, 5.41) is 2.26. The molecule has 126 valence electrons. The Morgan fingerprint density at radius 1 is 1.29 bits per heavy atom. The number of nitrogens with one attached hydrogen (secondary N) is 2. The molecular formula is C16H13F3N2O3. The van der Waals surface area contributed by atoms with Crippen LogP contribution in [0.3, 0.4) is 0 Å². The van der Waals surface area contributed by atoms with Gasteiger partial charge in [-0.15, -0.1) is 0 Å². The Kier molecular flexibility index (Phi) is 4.04. The van der Waals surface area contributed by atoms with Crippen molar-refractivity contribution in [3.05, 3.63) is 58.0 Å². The van der Waals surface area contributed by atoms with E-state index in [-0.39, 0.29) is 6.61 Å². The van der Waals surface area contributed by atoms with Crippen molar-refractivity contribution in [3.8, 4) is 5.75 Å². The van der Waals surface area contributed by atoms with Crippen LogP contribution in [0.15, 0.2) is 41.3 Å². The molecule has 0 unspecified atom stereocenters. The molecule has 1 amide bonds. The highest BCUT2D eigenvalue weighted by Crippen LogP contribution is 2.30. The van der Waals surface area contributed by atoms with E-state index in [9.17, 15) is 22.8 Å². The molecule has 2 heterocycles. The number of rotatable bonds is 2. The summed E-state index contributed by atoms with van der Waals surface area (Å²) < 4.78 is 43.6. The molecule has 0 spiro atoms. The van der Waals surface area contributed by atoms with Gasteiger partial charge in [0.15, 0.2) is 0 Å². The van der Waals surface area contributed by atoms with Gasteiger partial charge in [0, 0.05) is 6.20 Å². The molecule has 8 heteroatoms. The lowest BCUT2D eigenvalue weighted by Gasteiger charge is -2.24. The van der Waals surface area contributed by atoms with Crippen LogP contribution in [0.2, 0.25) is 0 Å². The molecule has 2 N–H and O–H groups in total. The molecule has 0 bridgehead atoms. The van der Waals surface area contributed by atoms with E-state index in [1.807, 2.05) is 11.1 Å². The molecule has 1 aromatic carbocycles. The van der Waals surface area contributed by atoms with Crippen molar-refractivity contribution < 1.29 is 22.7 Å². The van der Waals surface area contributed by atoms with Gasteiger partial charge in [-0.25, -0.2) is 0 Å². The third-order valence-electron chi connectivity index (χ3n) is 3.74. The number of amides is 1. The minimum atomic E-state index is -4.61. The van der Waals surface area contributed by atoms with Gasteiger partial charge in [-0.1, -0.05) is 18.2 Å². The number of anilines is 1. The summed E-state index contributed by atoms with van der Waals surface area (Å²) in [6, 6.07) is 7.82. The molecular weight excluding hydrogens is 325 g/mol. The first-order valence-corrected chi connectivity index (χ1v) is 7.16. The fourth-order valence-corrected chi connectivity index (χ4v) is 2.47. The number of halogens is 3. The molecule has 24 heavy (non-hydrogen) atoms. The van der Waals surface area contributed by atoms with Gasteiger partial charge in [-0.2, -0.15) is 13.2 Å². The van der Waals surface area contributed by atoms with Crippen molar-refractivity contribution >= 4 is 11.6 Å². The van der Waals surface area contributed by atoms with Gasteiger partial charge in [0.2, 0.25) is 5.91 Å². The highest BCUT2D eigenvalue weighted by atomic mass is 19.4. The molecule has 0 fully saturated rings. The highest BCUT2D eigenvalue weighted by molar-refractivity contribution is 5.93. The Morgan fingerprint density at radius 3 is 2.79 bits per heavy atom. The molecule has 0 saturated heterocycles. The highest BCUT2D eigenvalue weighted by Gasteiger charge is 2.32. The molecule has 2 aromatic rings. The van der Waals surface area contributed by atoms with Crippen LogP contribution < -0.4 is 15.6 Å². The third-order valence-corrected chi connectivity index (χ3v) is 3.74. The van der Waals surface area contributed by atoms with Crippen molar-refractivity contribution in [2.24, 2.45) is 5.92 Å². The molecule has 1 aliphatic heterocycles. The molecule has 3 rings (SSSR count). The summed E-state index contributed by atoms with van der Waals surface area (Å²) in [6.07, 6.45) is -3.66. The zero-order valence-corrected chi connectivity index (χ0v) is 12.3. The monoisotopic (exact) mass is 338 g/mol. The fraction of sp³-hybridized carbons (Fsp3) is 0.250. The van der Waals surface area contributed by atoms with E-state index >= 15 is 0 Å². The lowest BCUT2D eigenvalue weighted by Crippen LogP contribution is -2.34. The van der Waals surface area contributed by atoms with Crippen LogP contribution in [-0.2, 0) is 17.4 Å². The molecule has 1 atom stereocenters. The number of carbonyl (C=O) groups excluding carboxylic acids is 1. The predicted molar refractivity (Wildman–Crippen MR) is 79.8 cm³/mol. The first kappa shape index (κ1) is 16.1. The summed E-state index contributed by atoms with van der Waals surface area (Å²) in [7, 11) is 0. The van der Waals surface area contributed by atoms with Gasteiger partial charge in [-0.3, -0.25) is 9.59 Å². The Hall–Kier alpha value is -2.77. The molecule has 5 nitrogen and oxygen atoms in total. The number of alkyl halides is 3. The van der Waals surface area contributed by atoms with Gasteiger partial charge in [0.1, 0.15) is 18.0 Å². The van der Waals surface area contributed by atoms with Crippen LogP contribution >= 0.6 is 0 Å². The second kappa shape index (κ2) is 6.03. The number of hydrogen-bond acceptors (Lipinski definition) is 3. The van der Waals surface area contributed by atoms with E-state index in [0.717, 1.165) is 5.56 Å². The zero-order chi connectivity index (χ0) is 17.3. The maximum atomic E-state index is 12.7. The van der Waals surface area contributed by atoms with Crippen molar-refractivity contribution in [2.45, 2.75) is 12.6 Å². The summed E-state index contributed by atoms with van der Waals surface area (Å²) in [4.78, 5) is 25.9. The standard InChI is InChI=1S/C16H13F3N2O3/c17-16(18,19)11-6-12(15(23)20-7-11)21-14(22)10-5-9-3-1-2-4-13(9)24-8-10/h1-4,6-7,10H,5,8H2,(H,20,23)(H,21,22)/t10-/m0/s1. The topological polar surface area (TPSA) is 71.2 Å². The van der Waals surface area contributed by atoms with E-state index in [2.05, 4.69) is 5.32 Å². The fourth-order valence-electron chi connectivity index (χ4n) is 2.47. The van der Waals surface area contributed by atoms with Gasteiger partial charge in [-0.05, 0) is 24.1 Å². The van der Waals surface area contributed by atoms with E-state index in [1.54, 1.807) is 18.2 Å². The van der Waals surface area contributed by atoms with Crippen LogP contribution in [0, 0.1) is 5.92 Å². The van der Waals surface area contributed by atoms with Gasteiger partial charge >= 0.3 is 6.18 Å². The Labute approximate surface area is 134 Å². The lowest BCUT2D eigenvalue weighted by atomic mass is 9.96.